The lowest BCUT2D eigenvalue weighted by atomic mass is 10.2. The topological polar surface area (TPSA) is 102 Å². The predicted octanol–water partition coefficient (Wildman–Crippen LogP) is 3.09. The van der Waals surface area contributed by atoms with E-state index < -0.39 is 5.97 Å². The second-order valence-electron chi connectivity index (χ2n) is 5.08. The van der Waals surface area contributed by atoms with E-state index in [0.29, 0.717) is 28.8 Å². The molecule has 0 aliphatic rings. The number of hydrogen-bond acceptors (Lipinski definition) is 6. The Kier molecular flexibility index (Phi) is 4.66. The molecule has 0 aliphatic carbocycles. The van der Waals surface area contributed by atoms with Gasteiger partial charge in [0, 0.05) is 23.8 Å². The lowest BCUT2D eigenvalue weighted by Gasteiger charge is -2.10. The maximum atomic E-state index is 11.1. The number of anilines is 2. The van der Waals surface area contributed by atoms with Gasteiger partial charge < -0.3 is 15.2 Å². The first kappa shape index (κ1) is 16.9. The van der Waals surface area contributed by atoms with Crippen molar-refractivity contribution in [2.75, 3.05) is 12.4 Å². The summed E-state index contributed by atoms with van der Waals surface area (Å²) in [5.74, 6) is -0.0664. The summed E-state index contributed by atoms with van der Waals surface area (Å²) in [7, 11) is 3.14. The van der Waals surface area contributed by atoms with E-state index in [1.807, 2.05) is 18.2 Å². The summed E-state index contributed by atoms with van der Waals surface area (Å²) in [6, 6.07) is 8.66. The van der Waals surface area contributed by atoms with Crippen LogP contribution in [0.15, 0.2) is 41.0 Å². The van der Waals surface area contributed by atoms with E-state index in [1.54, 1.807) is 26.4 Å². The average Bonchev–Trinajstić information content (AvgIpc) is 2.99. The highest BCUT2D eigenvalue weighted by Crippen LogP contribution is 2.30. The van der Waals surface area contributed by atoms with E-state index in [2.05, 4.69) is 36.3 Å². The maximum absolute atomic E-state index is 11.1. The fourth-order valence-corrected chi connectivity index (χ4v) is 2.58. The molecule has 128 valence electrons. The number of carbonyl (C=O) groups is 1. The van der Waals surface area contributed by atoms with Crippen molar-refractivity contribution in [2.24, 2.45) is 7.05 Å². The number of carboxylic acid groups (broad SMARTS) is 1. The van der Waals surface area contributed by atoms with Gasteiger partial charge in [-0.05, 0) is 24.3 Å². The molecule has 3 aromatic rings. The fourth-order valence-electron chi connectivity index (χ4n) is 2.24. The van der Waals surface area contributed by atoms with Crippen LogP contribution in [0.4, 0.5) is 11.6 Å². The molecule has 0 saturated carbocycles. The highest BCUT2D eigenvalue weighted by Gasteiger charge is 2.14. The van der Waals surface area contributed by atoms with E-state index >= 15 is 0 Å². The summed E-state index contributed by atoms with van der Waals surface area (Å²) in [6.07, 6.45) is 1.57. The zero-order chi connectivity index (χ0) is 18.0. The normalized spacial score (nSPS) is 10.5. The molecule has 0 saturated heterocycles. The molecule has 8 nitrogen and oxygen atoms in total. The highest BCUT2D eigenvalue weighted by molar-refractivity contribution is 9.10. The van der Waals surface area contributed by atoms with Crippen molar-refractivity contribution >= 4 is 33.5 Å². The molecule has 0 aliphatic heterocycles. The quantitative estimate of drug-likeness (QED) is 0.674. The van der Waals surface area contributed by atoms with Gasteiger partial charge in [0.1, 0.15) is 17.1 Å². The number of aromatic nitrogens is 4. The molecule has 2 heterocycles. The summed E-state index contributed by atoms with van der Waals surface area (Å²) in [5.41, 5.74) is 1.75. The Labute approximate surface area is 151 Å². The molecule has 0 radical (unpaired) electrons. The summed E-state index contributed by atoms with van der Waals surface area (Å²) < 4.78 is 7.51. The van der Waals surface area contributed by atoms with Crippen molar-refractivity contribution in [1.29, 1.82) is 0 Å². The summed E-state index contributed by atoms with van der Waals surface area (Å²) >= 11 is 3.39. The van der Waals surface area contributed by atoms with Crippen LogP contribution < -0.4 is 10.1 Å². The van der Waals surface area contributed by atoms with E-state index in [-0.39, 0.29) is 5.69 Å². The average molecular weight is 404 g/mol. The number of carboxylic acids is 1. The van der Waals surface area contributed by atoms with Gasteiger partial charge in [0.05, 0.1) is 18.5 Å². The second-order valence-corrected chi connectivity index (χ2v) is 5.99. The molecule has 0 atom stereocenters. The van der Waals surface area contributed by atoms with Crippen LogP contribution in [-0.2, 0) is 7.05 Å². The number of benzene rings is 1. The molecule has 2 aromatic heterocycles. The van der Waals surface area contributed by atoms with E-state index in [0.717, 1.165) is 4.47 Å². The molecule has 9 heteroatoms. The first-order chi connectivity index (χ1) is 12.0. The van der Waals surface area contributed by atoms with Gasteiger partial charge in [-0.25, -0.2) is 14.8 Å². The molecule has 0 spiro atoms. The van der Waals surface area contributed by atoms with Crippen LogP contribution >= 0.6 is 15.9 Å². The maximum Gasteiger partial charge on any atom is 0.354 e. The van der Waals surface area contributed by atoms with Crippen molar-refractivity contribution < 1.29 is 14.6 Å². The molecule has 25 heavy (non-hydrogen) atoms. The molecule has 0 bridgehead atoms. The first-order valence-electron chi connectivity index (χ1n) is 7.19. The first-order valence-corrected chi connectivity index (χ1v) is 7.98. The van der Waals surface area contributed by atoms with Gasteiger partial charge in [0.15, 0.2) is 0 Å². The van der Waals surface area contributed by atoms with E-state index in [4.69, 9.17) is 9.84 Å². The van der Waals surface area contributed by atoms with Crippen LogP contribution in [0.25, 0.3) is 11.4 Å². The third-order valence-corrected chi connectivity index (χ3v) is 3.92. The SMILES string of the molecule is COc1cc(Br)ccc1Nc1nccc(-c2cc(C(=O)O)n(C)n2)n1. The van der Waals surface area contributed by atoms with E-state index in [9.17, 15) is 4.79 Å². The summed E-state index contributed by atoms with van der Waals surface area (Å²) in [4.78, 5) is 19.7. The number of rotatable bonds is 5. The Hall–Kier alpha value is -2.94. The van der Waals surface area contributed by atoms with Crippen molar-refractivity contribution in [3.05, 3.63) is 46.7 Å². The standard InChI is InChI=1S/C16H14BrN5O3/c1-22-13(15(23)24)8-12(21-22)10-5-6-18-16(19-10)20-11-4-3-9(17)7-14(11)25-2/h3-8H,1-2H3,(H,23,24)(H,18,19,20). The van der Waals surface area contributed by atoms with Crippen LogP contribution in [0, 0.1) is 0 Å². The molecular formula is C16H14BrN5O3. The Balaban J connectivity index is 1.92. The Morgan fingerprint density at radius 1 is 1.28 bits per heavy atom. The fraction of sp³-hybridized carbons (Fsp3) is 0.125. The van der Waals surface area contributed by atoms with Crippen molar-refractivity contribution in [1.82, 2.24) is 19.7 Å². The number of halogens is 1. The number of ether oxygens (including phenoxy) is 1. The van der Waals surface area contributed by atoms with Gasteiger partial charge in [-0.15, -0.1) is 0 Å². The van der Waals surface area contributed by atoms with Crippen LogP contribution in [0.5, 0.6) is 5.75 Å². The minimum absolute atomic E-state index is 0.0812. The van der Waals surface area contributed by atoms with Gasteiger partial charge in [-0.3, -0.25) is 4.68 Å². The molecule has 0 amide bonds. The molecule has 1 aromatic carbocycles. The van der Waals surface area contributed by atoms with E-state index in [1.165, 1.54) is 10.7 Å². The third kappa shape index (κ3) is 3.61. The van der Waals surface area contributed by atoms with Crippen molar-refractivity contribution in [3.63, 3.8) is 0 Å². The molecule has 3 rings (SSSR count). The Bertz CT molecular complexity index is 941. The van der Waals surface area contributed by atoms with Gasteiger partial charge in [-0.2, -0.15) is 5.10 Å². The van der Waals surface area contributed by atoms with Crippen LogP contribution in [0.1, 0.15) is 10.5 Å². The lowest BCUT2D eigenvalue weighted by Crippen LogP contribution is -2.04. The number of nitrogens with zero attached hydrogens (tertiary/aromatic N) is 4. The molecular weight excluding hydrogens is 390 g/mol. The van der Waals surface area contributed by atoms with Crippen molar-refractivity contribution in [3.8, 4) is 17.1 Å². The largest absolute Gasteiger partial charge is 0.495 e. The van der Waals surface area contributed by atoms with Crippen LogP contribution in [0.2, 0.25) is 0 Å². The summed E-state index contributed by atoms with van der Waals surface area (Å²) in [5, 5.41) is 16.4. The predicted molar refractivity (Wildman–Crippen MR) is 95.2 cm³/mol. The monoisotopic (exact) mass is 403 g/mol. The van der Waals surface area contributed by atoms with Gasteiger partial charge in [-0.1, -0.05) is 15.9 Å². The smallest absolute Gasteiger partial charge is 0.354 e. The highest BCUT2D eigenvalue weighted by atomic mass is 79.9. The molecule has 2 N–H and O–H groups in total. The number of nitrogens with one attached hydrogen (secondary N) is 1. The number of methoxy groups -OCH3 is 1. The van der Waals surface area contributed by atoms with Gasteiger partial charge in [0.25, 0.3) is 0 Å². The second kappa shape index (κ2) is 6.89. The minimum Gasteiger partial charge on any atom is -0.495 e. The van der Waals surface area contributed by atoms with Gasteiger partial charge >= 0.3 is 5.97 Å². The number of aromatic carboxylic acids is 1. The Morgan fingerprint density at radius 2 is 2.08 bits per heavy atom. The molecule has 0 unspecified atom stereocenters. The summed E-state index contributed by atoms with van der Waals surface area (Å²) in [6.45, 7) is 0. The number of hydrogen-bond donors (Lipinski definition) is 2. The van der Waals surface area contributed by atoms with Crippen LogP contribution in [-0.4, -0.2) is 37.9 Å². The zero-order valence-electron chi connectivity index (χ0n) is 13.4. The van der Waals surface area contributed by atoms with Gasteiger partial charge in [0.2, 0.25) is 5.95 Å². The Morgan fingerprint density at radius 3 is 2.76 bits per heavy atom. The minimum atomic E-state index is -1.05. The lowest BCUT2D eigenvalue weighted by molar-refractivity contribution is 0.0685. The third-order valence-electron chi connectivity index (χ3n) is 3.43. The number of aryl methyl sites for hydroxylation is 1. The zero-order valence-corrected chi connectivity index (χ0v) is 15.0. The van der Waals surface area contributed by atoms with Crippen LogP contribution in [0.3, 0.4) is 0 Å². The van der Waals surface area contributed by atoms with Crippen molar-refractivity contribution in [2.45, 2.75) is 0 Å². The molecule has 0 fully saturated rings.